The summed E-state index contributed by atoms with van der Waals surface area (Å²) in [6, 6.07) is 5.19. The zero-order valence-electron chi connectivity index (χ0n) is 21.5. The van der Waals surface area contributed by atoms with Crippen LogP contribution in [0, 0.1) is 13.8 Å². The number of amides is 3. The average Bonchev–Trinajstić information content (AvgIpc) is 2.70. The summed E-state index contributed by atoms with van der Waals surface area (Å²) >= 11 is 0. The lowest BCUT2D eigenvalue weighted by Crippen LogP contribution is -2.48. The molecule has 0 aliphatic heterocycles. The number of hydrogen-bond donors (Lipinski definition) is 2. The summed E-state index contributed by atoms with van der Waals surface area (Å²) in [7, 11) is 0. The SMILES string of the molecule is CCCCCNC(=O)C(c1cc(C)cc(C)c1)N(CCCC)C(=O)CNC(=O)OC(C)(C)C. The Morgan fingerprint density at radius 2 is 1.55 bits per heavy atom. The van der Waals surface area contributed by atoms with Gasteiger partial charge in [-0.3, -0.25) is 9.59 Å². The van der Waals surface area contributed by atoms with Crippen LogP contribution in [0.15, 0.2) is 18.2 Å². The molecule has 0 aliphatic rings. The molecular weight excluding hydrogens is 418 g/mol. The maximum atomic E-state index is 13.3. The van der Waals surface area contributed by atoms with E-state index in [1.807, 2.05) is 39.0 Å². The summed E-state index contributed by atoms with van der Waals surface area (Å²) in [5.41, 5.74) is 2.18. The highest BCUT2D eigenvalue weighted by Crippen LogP contribution is 2.25. The molecule has 0 aliphatic carbocycles. The minimum atomic E-state index is -0.760. The van der Waals surface area contributed by atoms with Crippen molar-refractivity contribution in [2.45, 2.75) is 92.2 Å². The van der Waals surface area contributed by atoms with Gasteiger partial charge in [-0.25, -0.2) is 4.79 Å². The van der Waals surface area contributed by atoms with Gasteiger partial charge >= 0.3 is 6.09 Å². The molecule has 0 radical (unpaired) electrons. The van der Waals surface area contributed by atoms with Gasteiger partial charge in [0.15, 0.2) is 0 Å². The summed E-state index contributed by atoms with van der Waals surface area (Å²) < 4.78 is 5.25. The molecule has 0 saturated heterocycles. The summed E-state index contributed by atoms with van der Waals surface area (Å²) in [5.74, 6) is -0.514. The Morgan fingerprint density at radius 3 is 2.09 bits per heavy atom. The van der Waals surface area contributed by atoms with Crippen molar-refractivity contribution in [1.82, 2.24) is 15.5 Å². The first-order valence-corrected chi connectivity index (χ1v) is 12.1. The standard InChI is InChI=1S/C26H43N3O4/c1-8-10-12-13-27-24(31)23(21-16-19(3)15-20(4)17-21)29(14-11-9-2)22(30)18-28-25(32)33-26(5,6)7/h15-17,23H,8-14,18H2,1-7H3,(H,27,31)(H,28,32). The van der Waals surface area contributed by atoms with Crippen LogP contribution in [-0.4, -0.2) is 48.0 Å². The molecule has 7 heteroatoms. The van der Waals surface area contributed by atoms with E-state index in [4.69, 9.17) is 4.74 Å². The highest BCUT2D eigenvalue weighted by atomic mass is 16.6. The Kier molecular flexibility index (Phi) is 12.0. The molecule has 7 nitrogen and oxygen atoms in total. The fourth-order valence-corrected chi connectivity index (χ4v) is 3.61. The zero-order chi connectivity index (χ0) is 25.0. The van der Waals surface area contributed by atoms with Crippen molar-refractivity contribution in [2.24, 2.45) is 0 Å². The molecule has 0 aromatic heterocycles. The zero-order valence-corrected chi connectivity index (χ0v) is 21.5. The van der Waals surface area contributed by atoms with Gasteiger partial charge in [0.2, 0.25) is 11.8 Å². The van der Waals surface area contributed by atoms with Gasteiger partial charge in [-0.05, 0) is 53.0 Å². The number of benzene rings is 1. The number of hydrogen-bond acceptors (Lipinski definition) is 4. The van der Waals surface area contributed by atoms with E-state index in [0.717, 1.165) is 48.8 Å². The van der Waals surface area contributed by atoms with Crippen LogP contribution in [0.5, 0.6) is 0 Å². The van der Waals surface area contributed by atoms with Crippen LogP contribution in [0.1, 0.15) is 89.5 Å². The first-order chi connectivity index (χ1) is 15.5. The highest BCUT2D eigenvalue weighted by Gasteiger charge is 2.31. The number of nitrogens with one attached hydrogen (secondary N) is 2. The number of aryl methyl sites for hydroxylation is 2. The summed E-state index contributed by atoms with van der Waals surface area (Å²) in [4.78, 5) is 40.3. The Labute approximate surface area is 199 Å². The third kappa shape index (κ3) is 10.7. The predicted octanol–water partition coefficient (Wildman–Crippen LogP) is 4.80. The molecule has 0 fully saturated rings. The van der Waals surface area contributed by atoms with Crippen LogP contribution in [0.2, 0.25) is 0 Å². The van der Waals surface area contributed by atoms with Crippen LogP contribution < -0.4 is 10.6 Å². The van der Waals surface area contributed by atoms with E-state index in [2.05, 4.69) is 17.6 Å². The van der Waals surface area contributed by atoms with Crippen molar-refractivity contribution in [3.8, 4) is 0 Å². The first kappa shape index (κ1) is 28.5. The molecule has 0 bridgehead atoms. The Hall–Kier alpha value is -2.57. The van der Waals surface area contributed by atoms with Gasteiger partial charge < -0.3 is 20.3 Å². The second-order valence-electron chi connectivity index (χ2n) is 9.62. The van der Waals surface area contributed by atoms with E-state index < -0.39 is 17.7 Å². The van der Waals surface area contributed by atoms with Crippen molar-refractivity contribution >= 4 is 17.9 Å². The number of nitrogens with zero attached hydrogens (tertiary/aromatic N) is 1. The minimum absolute atomic E-state index is 0.196. The second kappa shape index (κ2) is 13.9. The van der Waals surface area contributed by atoms with Gasteiger partial charge in [0.25, 0.3) is 0 Å². The van der Waals surface area contributed by atoms with Crippen LogP contribution >= 0.6 is 0 Å². The van der Waals surface area contributed by atoms with E-state index in [1.165, 1.54) is 0 Å². The van der Waals surface area contributed by atoms with Crippen molar-refractivity contribution in [3.05, 3.63) is 34.9 Å². The monoisotopic (exact) mass is 461 g/mol. The van der Waals surface area contributed by atoms with Crippen molar-refractivity contribution in [3.63, 3.8) is 0 Å². The van der Waals surface area contributed by atoms with Gasteiger partial charge in [-0.15, -0.1) is 0 Å². The minimum Gasteiger partial charge on any atom is -0.444 e. The Balaban J connectivity index is 3.17. The van der Waals surface area contributed by atoms with Crippen LogP contribution in [0.4, 0.5) is 4.79 Å². The van der Waals surface area contributed by atoms with Crippen molar-refractivity contribution in [1.29, 1.82) is 0 Å². The van der Waals surface area contributed by atoms with E-state index in [-0.39, 0.29) is 18.4 Å². The van der Waals surface area contributed by atoms with Gasteiger partial charge in [0, 0.05) is 13.1 Å². The molecule has 0 saturated carbocycles. The third-order valence-corrected chi connectivity index (χ3v) is 5.06. The van der Waals surface area contributed by atoms with Gasteiger partial charge in [0.05, 0.1) is 0 Å². The van der Waals surface area contributed by atoms with E-state index in [9.17, 15) is 14.4 Å². The third-order valence-electron chi connectivity index (χ3n) is 5.06. The van der Waals surface area contributed by atoms with Crippen LogP contribution in [0.25, 0.3) is 0 Å². The molecule has 1 aromatic carbocycles. The van der Waals surface area contributed by atoms with E-state index >= 15 is 0 Å². The molecule has 33 heavy (non-hydrogen) atoms. The molecule has 2 N–H and O–H groups in total. The van der Waals surface area contributed by atoms with Crippen molar-refractivity contribution in [2.75, 3.05) is 19.6 Å². The molecule has 3 amide bonds. The predicted molar refractivity (Wildman–Crippen MR) is 132 cm³/mol. The number of rotatable bonds is 12. The summed E-state index contributed by atoms with van der Waals surface area (Å²) in [6.07, 6.45) is 3.97. The van der Waals surface area contributed by atoms with E-state index in [0.29, 0.717) is 13.1 Å². The fraction of sp³-hybridized carbons (Fsp3) is 0.654. The largest absolute Gasteiger partial charge is 0.444 e. The van der Waals surface area contributed by atoms with Gasteiger partial charge in [-0.2, -0.15) is 0 Å². The summed E-state index contributed by atoms with van der Waals surface area (Å²) in [5, 5.41) is 5.56. The molecule has 0 spiro atoms. The van der Waals surface area contributed by atoms with Gasteiger partial charge in [0.1, 0.15) is 18.2 Å². The van der Waals surface area contributed by atoms with Crippen molar-refractivity contribution < 1.29 is 19.1 Å². The molecule has 0 heterocycles. The molecule has 186 valence electrons. The highest BCUT2D eigenvalue weighted by molar-refractivity contribution is 5.90. The van der Waals surface area contributed by atoms with Gasteiger partial charge in [-0.1, -0.05) is 62.4 Å². The number of carbonyl (C=O) groups excluding carboxylic acids is 3. The average molecular weight is 462 g/mol. The lowest BCUT2D eigenvalue weighted by molar-refractivity contribution is -0.140. The lowest BCUT2D eigenvalue weighted by atomic mass is 9.98. The normalized spacial score (nSPS) is 12.1. The number of unbranched alkanes of at least 4 members (excludes halogenated alkanes) is 3. The van der Waals surface area contributed by atoms with E-state index in [1.54, 1.807) is 25.7 Å². The van der Waals surface area contributed by atoms with Crippen LogP contribution in [0.3, 0.4) is 0 Å². The Morgan fingerprint density at radius 1 is 0.939 bits per heavy atom. The summed E-state index contributed by atoms with van der Waals surface area (Å²) in [6.45, 7) is 14.2. The number of alkyl carbamates (subject to hydrolysis) is 1. The number of carbonyl (C=O) groups is 3. The topological polar surface area (TPSA) is 87.7 Å². The second-order valence-corrected chi connectivity index (χ2v) is 9.62. The maximum Gasteiger partial charge on any atom is 0.408 e. The van der Waals surface area contributed by atoms with Crippen LogP contribution in [-0.2, 0) is 14.3 Å². The number of ether oxygens (including phenoxy) is 1. The molecule has 1 unspecified atom stereocenters. The first-order valence-electron chi connectivity index (χ1n) is 12.1. The Bertz CT molecular complexity index is 766. The maximum absolute atomic E-state index is 13.3. The molecule has 1 atom stereocenters. The fourth-order valence-electron chi connectivity index (χ4n) is 3.61. The quantitative estimate of drug-likeness (QED) is 0.438. The lowest BCUT2D eigenvalue weighted by Gasteiger charge is -2.32. The molecular formula is C26H43N3O4. The molecule has 1 aromatic rings. The molecule has 1 rings (SSSR count). The smallest absolute Gasteiger partial charge is 0.408 e.